The van der Waals surface area contributed by atoms with Gasteiger partial charge >= 0.3 is 0 Å². The first-order chi connectivity index (χ1) is 12.8. The van der Waals surface area contributed by atoms with E-state index in [9.17, 15) is 0 Å². The molecule has 1 aromatic heterocycles. The number of hydrogen-bond acceptors (Lipinski definition) is 3. The lowest BCUT2D eigenvalue weighted by molar-refractivity contribution is 0.515. The molecule has 0 aliphatic heterocycles. The predicted octanol–water partition coefficient (Wildman–Crippen LogP) is 7.68. The Balaban J connectivity index is 1.44. The predicted molar refractivity (Wildman–Crippen MR) is 120 cm³/mol. The molecule has 0 aliphatic rings. The highest BCUT2D eigenvalue weighted by Crippen LogP contribution is 2.22. The monoisotopic (exact) mass is 392 g/mol. The van der Waals surface area contributed by atoms with Crippen molar-refractivity contribution in [2.24, 2.45) is 0 Å². The van der Waals surface area contributed by atoms with Crippen molar-refractivity contribution in [2.45, 2.75) is 90.6 Å². The average Bonchev–Trinajstić information content (AvgIpc) is 2.97. The minimum Gasteiger partial charge on any atom is -0.310 e. The molecule has 0 saturated carbocycles. The van der Waals surface area contributed by atoms with Crippen LogP contribution in [0.3, 0.4) is 0 Å². The van der Waals surface area contributed by atoms with E-state index in [0.29, 0.717) is 0 Å². The summed E-state index contributed by atoms with van der Waals surface area (Å²) in [7, 11) is 0. The first-order valence-corrected chi connectivity index (χ1v) is 11.8. The third-order valence-corrected chi connectivity index (χ3v) is 6.48. The number of nitrogens with one attached hydrogen (secondary N) is 1. The van der Waals surface area contributed by atoms with Crippen molar-refractivity contribution in [3.05, 3.63) is 28.2 Å². The van der Waals surface area contributed by atoms with Gasteiger partial charge in [0.2, 0.25) is 0 Å². The fraction of sp³-hybridized carbons (Fsp3) is 0.682. The minimum atomic E-state index is 0.834. The second kappa shape index (κ2) is 13.5. The van der Waals surface area contributed by atoms with Crippen LogP contribution in [0.25, 0.3) is 10.2 Å². The van der Waals surface area contributed by atoms with Crippen molar-refractivity contribution >= 4 is 33.8 Å². The van der Waals surface area contributed by atoms with Gasteiger partial charge in [-0.2, -0.15) is 0 Å². The number of unbranched alkanes of at least 4 members (excludes halogenated alkanes) is 11. The van der Waals surface area contributed by atoms with E-state index in [4.69, 9.17) is 12.2 Å². The van der Waals surface area contributed by atoms with Gasteiger partial charge in [-0.15, -0.1) is 11.3 Å². The Kier molecular flexibility index (Phi) is 11.2. The summed E-state index contributed by atoms with van der Waals surface area (Å²) in [6, 6.07) is 8.48. The molecule has 1 heterocycles. The summed E-state index contributed by atoms with van der Waals surface area (Å²) in [5, 5.41) is 3.56. The molecule has 1 N–H and O–H groups in total. The number of aromatic nitrogens is 1. The van der Waals surface area contributed by atoms with Crippen molar-refractivity contribution in [3.8, 4) is 0 Å². The maximum atomic E-state index is 5.49. The Morgan fingerprint density at radius 3 is 2.08 bits per heavy atom. The summed E-state index contributed by atoms with van der Waals surface area (Å²) in [6.45, 7) is 4.21. The Bertz CT molecular complexity index is 659. The Morgan fingerprint density at radius 2 is 1.42 bits per heavy atom. The van der Waals surface area contributed by atoms with Crippen LogP contribution in [0.1, 0.15) is 84.0 Å². The number of hydrogen-bond donors (Lipinski definition) is 1. The zero-order valence-electron chi connectivity index (χ0n) is 16.5. The van der Waals surface area contributed by atoms with E-state index in [-0.39, 0.29) is 0 Å². The van der Waals surface area contributed by atoms with Crippen molar-refractivity contribution in [2.75, 3.05) is 6.54 Å². The summed E-state index contributed by atoms with van der Waals surface area (Å²) in [5.41, 5.74) is 1.25. The standard InChI is InChI=1S/C22H36N2S2/c1-2-3-4-5-6-7-8-9-10-11-12-15-18-23-19-24-20-16-13-14-17-21(20)26-22(24)25/h13-14,16-17,23H,2-12,15,18-19H2,1H3. The fourth-order valence-corrected chi connectivity index (χ4v) is 4.77. The molecule has 0 bridgehead atoms. The van der Waals surface area contributed by atoms with Gasteiger partial charge in [0.1, 0.15) is 0 Å². The van der Waals surface area contributed by atoms with E-state index in [1.807, 2.05) is 0 Å². The molecule has 4 heteroatoms. The largest absolute Gasteiger partial charge is 0.310 e. The van der Waals surface area contributed by atoms with Crippen molar-refractivity contribution in [1.29, 1.82) is 0 Å². The highest BCUT2D eigenvalue weighted by Gasteiger charge is 2.03. The maximum Gasteiger partial charge on any atom is 0.163 e. The zero-order chi connectivity index (χ0) is 18.5. The van der Waals surface area contributed by atoms with Gasteiger partial charge in [-0.25, -0.2) is 0 Å². The molecule has 0 amide bonds. The van der Waals surface area contributed by atoms with Gasteiger partial charge in [-0.05, 0) is 37.3 Å². The third-order valence-electron chi connectivity index (χ3n) is 5.05. The van der Waals surface area contributed by atoms with Gasteiger partial charge in [0.05, 0.1) is 16.9 Å². The highest BCUT2D eigenvalue weighted by molar-refractivity contribution is 7.73. The number of para-hydroxylation sites is 1. The van der Waals surface area contributed by atoms with Crippen LogP contribution in [-0.2, 0) is 6.67 Å². The zero-order valence-corrected chi connectivity index (χ0v) is 18.1. The lowest BCUT2D eigenvalue weighted by atomic mass is 10.1. The molecule has 2 rings (SSSR count). The van der Waals surface area contributed by atoms with Crippen LogP contribution in [0.5, 0.6) is 0 Å². The van der Waals surface area contributed by atoms with Gasteiger partial charge < -0.3 is 4.57 Å². The van der Waals surface area contributed by atoms with Gasteiger partial charge in [0.25, 0.3) is 0 Å². The van der Waals surface area contributed by atoms with Gasteiger partial charge in [0, 0.05) is 0 Å². The highest BCUT2D eigenvalue weighted by atomic mass is 32.1. The summed E-state index contributed by atoms with van der Waals surface area (Å²) in [6.07, 6.45) is 16.8. The molecule has 0 aliphatic carbocycles. The number of thiazole rings is 1. The van der Waals surface area contributed by atoms with E-state index >= 15 is 0 Å². The topological polar surface area (TPSA) is 17.0 Å². The van der Waals surface area contributed by atoms with E-state index in [1.165, 1.54) is 87.3 Å². The van der Waals surface area contributed by atoms with Gasteiger partial charge in [-0.1, -0.05) is 89.7 Å². The second-order valence-corrected chi connectivity index (χ2v) is 8.99. The number of benzene rings is 1. The molecule has 0 fully saturated rings. The van der Waals surface area contributed by atoms with Crippen LogP contribution in [-0.4, -0.2) is 11.1 Å². The normalized spacial score (nSPS) is 11.4. The molecule has 146 valence electrons. The summed E-state index contributed by atoms with van der Waals surface area (Å²) >= 11 is 7.20. The van der Waals surface area contributed by atoms with E-state index in [0.717, 1.165) is 17.2 Å². The van der Waals surface area contributed by atoms with Crippen LogP contribution in [0.15, 0.2) is 24.3 Å². The van der Waals surface area contributed by atoms with Crippen molar-refractivity contribution in [1.82, 2.24) is 9.88 Å². The number of rotatable bonds is 15. The molecule has 2 nitrogen and oxygen atoms in total. The molecule has 2 aromatic rings. The summed E-state index contributed by atoms with van der Waals surface area (Å²) in [4.78, 5) is 0. The molecule has 0 saturated heterocycles. The Morgan fingerprint density at radius 1 is 0.846 bits per heavy atom. The molecule has 0 radical (unpaired) electrons. The Hall–Kier alpha value is -0.710. The van der Waals surface area contributed by atoms with Crippen molar-refractivity contribution < 1.29 is 0 Å². The lowest BCUT2D eigenvalue weighted by Crippen LogP contribution is -2.19. The van der Waals surface area contributed by atoms with E-state index < -0.39 is 0 Å². The molecule has 0 spiro atoms. The molecular formula is C22H36N2S2. The molecule has 0 atom stereocenters. The van der Waals surface area contributed by atoms with E-state index in [2.05, 4.69) is 41.1 Å². The van der Waals surface area contributed by atoms with E-state index in [1.54, 1.807) is 11.3 Å². The summed E-state index contributed by atoms with van der Waals surface area (Å²) in [5.74, 6) is 0. The molecule has 0 unspecified atom stereocenters. The second-order valence-electron chi connectivity index (χ2n) is 7.31. The minimum absolute atomic E-state index is 0.834. The van der Waals surface area contributed by atoms with Crippen LogP contribution in [0.4, 0.5) is 0 Å². The Labute approximate surface area is 169 Å². The van der Waals surface area contributed by atoms with Crippen LogP contribution >= 0.6 is 23.6 Å². The fourth-order valence-electron chi connectivity index (χ4n) is 3.45. The van der Waals surface area contributed by atoms with Crippen LogP contribution < -0.4 is 5.32 Å². The SMILES string of the molecule is CCCCCCCCCCCCCCNCn1c(=S)sc2ccccc21. The maximum absolute atomic E-state index is 5.49. The molecule has 1 aromatic carbocycles. The van der Waals surface area contributed by atoms with Crippen LogP contribution in [0.2, 0.25) is 0 Å². The first-order valence-electron chi connectivity index (χ1n) is 10.6. The number of fused-ring (bicyclic) bond motifs is 1. The average molecular weight is 393 g/mol. The lowest BCUT2D eigenvalue weighted by Gasteiger charge is -2.07. The van der Waals surface area contributed by atoms with Gasteiger partial charge in [0.15, 0.2) is 3.95 Å². The molecule has 26 heavy (non-hydrogen) atoms. The number of nitrogens with zero attached hydrogens (tertiary/aromatic N) is 1. The quantitative estimate of drug-likeness (QED) is 0.247. The summed E-state index contributed by atoms with van der Waals surface area (Å²) < 4.78 is 4.47. The molecular weight excluding hydrogens is 356 g/mol. The smallest absolute Gasteiger partial charge is 0.163 e. The van der Waals surface area contributed by atoms with Gasteiger partial charge in [-0.3, -0.25) is 5.32 Å². The third kappa shape index (κ3) is 7.89. The van der Waals surface area contributed by atoms with Crippen LogP contribution in [0, 0.1) is 3.95 Å². The first kappa shape index (κ1) is 21.6. The van der Waals surface area contributed by atoms with Crippen molar-refractivity contribution in [3.63, 3.8) is 0 Å².